The second kappa shape index (κ2) is 10.3. The summed E-state index contributed by atoms with van der Waals surface area (Å²) in [4.78, 5) is 0. The van der Waals surface area contributed by atoms with E-state index in [0.717, 1.165) is 17.7 Å². The maximum atomic E-state index is 14.4. The van der Waals surface area contributed by atoms with E-state index in [1.54, 1.807) is 18.2 Å². The monoisotopic (exact) mass is 441 g/mol. The molecule has 0 amide bonds. The van der Waals surface area contributed by atoms with E-state index in [0.29, 0.717) is 29.7 Å². The number of rotatable bonds is 7. The third-order valence-corrected chi connectivity index (χ3v) is 4.16. The lowest BCUT2D eigenvalue weighted by Gasteiger charge is -2.15. The Morgan fingerprint density at radius 3 is 2.20 bits per heavy atom. The third-order valence-electron chi connectivity index (χ3n) is 4.16. The van der Waals surface area contributed by atoms with Gasteiger partial charge >= 0.3 is 6.18 Å². The lowest BCUT2D eigenvalue weighted by atomic mass is 10.0. The van der Waals surface area contributed by atoms with E-state index in [1.165, 1.54) is 0 Å². The number of halogens is 5. The van der Waals surface area contributed by atoms with Crippen LogP contribution in [0.5, 0.6) is 11.5 Å². The van der Waals surface area contributed by atoms with Crippen molar-refractivity contribution in [3.63, 3.8) is 0 Å². The Morgan fingerprint density at radius 1 is 0.833 bits per heavy atom. The van der Waals surface area contributed by atoms with Crippen LogP contribution in [0.4, 0.5) is 17.6 Å². The van der Waals surface area contributed by atoms with Crippen LogP contribution in [0.25, 0.3) is 11.1 Å². The molecule has 0 saturated heterocycles. The molecule has 0 saturated carbocycles. The first-order valence-corrected chi connectivity index (χ1v) is 8.89. The Kier molecular flexibility index (Phi) is 8.08. The average molecular weight is 442 g/mol. The first kappa shape index (κ1) is 23.5. The molecule has 0 aliphatic rings. The number of alkyl halides is 3. The summed E-state index contributed by atoms with van der Waals surface area (Å²) in [5.74, 6) is -0.203. The van der Waals surface area contributed by atoms with Crippen molar-refractivity contribution in [3.8, 4) is 22.6 Å². The van der Waals surface area contributed by atoms with Crippen molar-refractivity contribution < 1.29 is 27.0 Å². The Hall–Kier alpha value is -2.77. The van der Waals surface area contributed by atoms with Crippen molar-refractivity contribution in [2.45, 2.75) is 12.8 Å². The van der Waals surface area contributed by atoms with E-state index in [1.807, 2.05) is 30.3 Å². The standard InChI is InChI=1S/C22H19F4NO2.ClH/c23-19-13-17(22(24,25)26)7-8-18(19)16-6-9-20(28-11-10-27)21(12-16)29-14-15-4-2-1-3-5-15;/h1-9,12-13H,10-11,14,27H2;1H. The topological polar surface area (TPSA) is 44.5 Å². The predicted molar refractivity (Wildman–Crippen MR) is 109 cm³/mol. The molecule has 0 bridgehead atoms. The van der Waals surface area contributed by atoms with E-state index >= 15 is 0 Å². The SMILES string of the molecule is Cl.NCCOc1ccc(-c2ccc(C(F)(F)F)cc2F)cc1OCc1ccccc1. The molecule has 0 atom stereocenters. The molecule has 3 nitrogen and oxygen atoms in total. The van der Waals surface area contributed by atoms with E-state index < -0.39 is 17.6 Å². The van der Waals surface area contributed by atoms with Crippen molar-refractivity contribution in [1.82, 2.24) is 0 Å². The summed E-state index contributed by atoms with van der Waals surface area (Å²) in [6, 6.07) is 16.5. The summed E-state index contributed by atoms with van der Waals surface area (Å²) in [7, 11) is 0. The highest BCUT2D eigenvalue weighted by Gasteiger charge is 2.31. The minimum Gasteiger partial charge on any atom is -0.488 e. The summed E-state index contributed by atoms with van der Waals surface area (Å²) < 4.78 is 64.1. The highest BCUT2D eigenvalue weighted by molar-refractivity contribution is 5.85. The van der Waals surface area contributed by atoms with Gasteiger partial charge in [0.15, 0.2) is 11.5 Å². The van der Waals surface area contributed by atoms with Gasteiger partial charge in [0.05, 0.1) is 5.56 Å². The van der Waals surface area contributed by atoms with Gasteiger partial charge in [-0.2, -0.15) is 13.2 Å². The van der Waals surface area contributed by atoms with E-state index in [4.69, 9.17) is 15.2 Å². The number of hydrogen-bond acceptors (Lipinski definition) is 3. The lowest BCUT2D eigenvalue weighted by Crippen LogP contribution is -2.11. The quantitative estimate of drug-likeness (QED) is 0.468. The normalized spacial score (nSPS) is 11.0. The van der Waals surface area contributed by atoms with Gasteiger partial charge in [-0.05, 0) is 35.4 Å². The first-order valence-electron chi connectivity index (χ1n) is 8.89. The van der Waals surface area contributed by atoms with Crippen molar-refractivity contribution in [3.05, 3.63) is 83.7 Å². The van der Waals surface area contributed by atoms with Crippen LogP contribution in [0.15, 0.2) is 66.7 Å². The number of ether oxygens (including phenoxy) is 2. The number of hydrogen-bond donors (Lipinski definition) is 1. The van der Waals surface area contributed by atoms with Gasteiger partial charge in [0.2, 0.25) is 0 Å². The molecule has 3 aromatic rings. The molecule has 0 spiro atoms. The summed E-state index contributed by atoms with van der Waals surface area (Å²) in [6.07, 6.45) is -4.61. The van der Waals surface area contributed by atoms with Gasteiger partial charge in [-0.3, -0.25) is 0 Å². The van der Waals surface area contributed by atoms with Gasteiger partial charge in [0.1, 0.15) is 19.0 Å². The molecule has 0 aliphatic heterocycles. The highest BCUT2D eigenvalue weighted by Crippen LogP contribution is 2.36. The molecular formula is C22H20ClF4NO2. The van der Waals surface area contributed by atoms with Crippen LogP contribution in [0.3, 0.4) is 0 Å². The number of nitrogens with two attached hydrogens (primary N) is 1. The molecule has 3 aromatic carbocycles. The number of benzene rings is 3. The molecular weight excluding hydrogens is 422 g/mol. The van der Waals surface area contributed by atoms with Gasteiger partial charge in [0, 0.05) is 12.1 Å². The smallest absolute Gasteiger partial charge is 0.416 e. The van der Waals surface area contributed by atoms with Crippen molar-refractivity contribution in [2.24, 2.45) is 5.73 Å². The zero-order valence-corrected chi connectivity index (χ0v) is 16.6. The van der Waals surface area contributed by atoms with Gasteiger partial charge < -0.3 is 15.2 Å². The summed E-state index contributed by atoms with van der Waals surface area (Å²) >= 11 is 0. The maximum Gasteiger partial charge on any atom is 0.416 e. The summed E-state index contributed by atoms with van der Waals surface area (Å²) in [6.45, 7) is 0.807. The fraction of sp³-hybridized carbons (Fsp3) is 0.182. The molecule has 0 heterocycles. The molecule has 0 aromatic heterocycles. The van der Waals surface area contributed by atoms with Crippen LogP contribution in [0.1, 0.15) is 11.1 Å². The second-order valence-corrected chi connectivity index (χ2v) is 6.27. The van der Waals surface area contributed by atoms with Gasteiger partial charge in [-0.25, -0.2) is 4.39 Å². The minimum absolute atomic E-state index is 0. The average Bonchev–Trinajstić information content (AvgIpc) is 2.71. The largest absolute Gasteiger partial charge is 0.488 e. The van der Waals surface area contributed by atoms with Crippen molar-refractivity contribution >= 4 is 12.4 Å². The molecule has 30 heavy (non-hydrogen) atoms. The van der Waals surface area contributed by atoms with Gasteiger partial charge in [-0.1, -0.05) is 42.5 Å². The maximum absolute atomic E-state index is 14.4. The van der Waals surface area contributed by atoms with Crippen LogP contribution >= 0.6 is 12.4 Å². The zero-order chi connectivity index (χ0) is 20.9. The summed E-state index contributed by atoms with van der Waals surface area (Å²) in [5, 5.41) is 0. The Morgan fingerprint density at radius 2 is 1.57 bits per heavy atom. The first-order chi connectivity index (χ1) is 13.9. The highest BCUT2D eigenvalue weighted by atomic mass is 35.5. The predicted octanol–water partition coefficient (Wildman–Crippen LogP) is 5.85. The second-order valence-electron chi connectivity index (χ2n) is 6.27. The van der Waals surface area contributed by atoms with Gasteiger partial charge in [-0.15, -0.1) is 12.4 Å². The molecule has 0 unspecified atom stereocenters. The Balaban J connectivity index is 0.00000320. The Bertz CT molecular complexity index is 965. The van der Waals surface area contributed by atoms with Crippen LogP contribution in [0, 0.1) is 5.82 Å². The molecule has 0 aliphatic carbocycles. The molecule has 8 heteroatoms. The minimum atomic E-state index is -4.61. The van der Waals surface area contributed by atoms with Crippen molar-refractivity contribution in [1.29, 1.82) is 0 Å². The zero-order valence-electron chi connectivity index (χ0n) is 15.8. The van der Waals surface area contributed by atoms with Crippen LogP contribution < -0.4 is 15.2 Å². The summed E-state index contributed by atoms with van der Waals surface area (Å²) in [5.41, 5.74) is 5.76. The van der Waals surface area contributed by atoms with E-state index in [-0.39, 0.29) is 31.2 Å². The van der Waals surface area contributed by atoms with Crippen LogP contribution in [0.2, 0.25) is 0 Å². The van der Waals surface area contributed by atoms with Crippen molar-refractivity contribution in [2.75, 3.05) is 13.2 Å². The van der Waals surface area contributed by atoms with E-state index in [2.05, 4.69) is 0 Å². The molecule has 0 fully saturated rings. The molecule has 0 radical (unpaired) electrons. The van der Waals surface area contributed by atoms with Gasteiger partial charge in [0.25, 0.3) is 0 Å². The lowest BCUT2D eigenvalue weighted by molar-refractivity contribution is -0.137. The fourth-order valence-corrected chi connectivity index (χ4v) is 2.74. The Labute approximate surface area is 177 Å². The fourth-order valence-electron chi connectivity index (χ4n) is 2.74. The van der Waals surface area contributed by atoms with Crippen LogP contribution in [-0.2, 0) is 12.8 Å². The molecule has 2 N–H and O–H groups in total. The molecule has 3 rings (SSSR count). The third kappa shape index (κ3) is 5.87. The van der Waals surface area contributed by atoms with E-state index in [9.17, 15) is 17.6 Å². The van der Waals surface area contributed by atoms with Crippen LogP contribution in [-0.4, -0.2) is 13.2 Å². The molecule has 160 valence electrons.